The summed E-state index contributed by atoms with van der Waals surface area (Å²) in [6.07, 6.45) is 0.688. The zero-order valence-electron chi connectivity index (χ0n) is 19.1. The van der Waals surface area contributed by atoms with Gasteiger partial charge in [0.25, 0.3) is 0 Å². The lowest BCUT2D eigenvalue weighted by Crippen LogP contribution is -3.00. The third kappa shape index (κ3) is 5.37. The van der Waals surface area contributed by atoms with Gasteiger partial charge in [-0.3, -0.25) is 0 Å². The fourth-order valence-electron chi connectivity index (χ4n) is 4.43. The highest BCUT2D eigenvalue weighted by Crippen LogP contribution is 2.58. The van der Waals surface area contributed by atoms with Gasteiger partial charge in [-0.05, 0) is 66.2 Å². The van der Waals surface area contributed by atoms with E-state index < -0.39 is 7.26 Å². The Morgan fingerprint density at radius 3 is 1.66 bits per heavy atom. The predicted molar refractivity (Wildman–Crippen MR) is 142 cm³/mol. The van der Waals surface area contributed by atoms with Crippen LogP contribution in [0.3, 0.4) is 0 Å². The maximum atomic E-state index is 15.5. The van der Waals surface area contributed by atoms with Gasteiger partial charge in [0.1, 0.15) is 34.7 Å². The number of rotatable bonds is 7. The molecule has 0 aromatic heterocycles. The van der Waals surface area contributed by atoms with Crippen LogP contribution in [-0.2, 0) is 6.16 Å². The summed E-state index contributed by atoms with van der Waals surface area (Å²) in [5.41, 5.74) is 1.11. The van der Waals surface area contributed by atoms with Gasteiger partial charge in [0.15, 0.2) is 5.82 Å². The Morgan fingerprint density at radius 1 is 0.543 bits per heavy atom. The minimum atomic E-state index is -2.35. The highest BCUT2D eigenvalue weighted by Gasteiger charge is 2.47. The maximum absolute atomic E-state index is 15.5. The molecular weight excluding hydrogens is 518 g/mol. The van der Waals surface area contributed by atoms with Crippen LogP contribution in [0.25, 0.3) is 0 Å². The number of benzene rings is 5. The summed E-state index contributed by atoms with van der Waals surface area (Å²) in [5, 5.41) is 3.07. The number of hydrogen-bond acceptors (Lipinski definition) is 1. The number of halogens is 2. The molecular formula is C31H25BrFOP. The van der Waals surface area contributed by atoms with Crippen LogP contribution in [0.2, 0.25) is 0 Å². The summed E-state index contributed by atoms with van der Waals surface area (Å²) in [4.78, 5) is 0. The molecule has 5 rings (SSSR count). The molecule has 5 aromatic carbocycles. The van der Waals surface area contributed by atoms with E-state index in [0.717, 1.165) is 33.0 Å². The Bertz CT molecular complexity index is 1320. The second-order valence-corrected chi connectivity index (χ2v) is 11.6. The lowest BCUT2D eigenvalue weighted by atomic mass is 10.2. The normalized spacial score (nSPS) is 10.9. The van der Waals surface area contributed by atoms with Crippen molar-refractivity contribution in [2.75, 3.05) is 0 Å². The fraction of sp³-hybridized carbons (Fsp3) is 0.0323. The molecule has 0 bridgehead atoms. The largest absolute Gasteiger partial charge is 1.00 e. The molecule has 0 saturated carbocycles. The van der Waals surface area contributed by atoms with Crippen molar-refractivity contribution in [1.82, 2.24) is 0 Å². The SMILES string of the molecule is Fc1ccccc1[P+](Cc1cccc(Oc2ccccc2)c1)(c1ccccc1)c1ccccc1.[Br-]. The minimum absolute atomic E-state index is 0. The van der Waals surface area contributed by atoms with E-state index in [1.165, 1.54) is 0 Å². The molecule has 0 unspecified atom stereocenters. The molecule has 0 fully saturated rings. The number of ether oxygens (including phenoxy) is 1. The van der Waals surface area contributed by atoms with Gasteiger partial charge in [-0.15, -0.1) is 0 Å². The van der Waals surface area contributed by atoms with Gasteiger partial charge < -0.3 is 21.7 Å². The maximum Gasteiger partial charge on any atom is 0.166 e. The molecule has 0 heterocycles. The first-order valence-electron chi connectivity index (χ1n) is 11.3. The average Bonchev–Trinajstić information content (AvgIpc) is 2.90. The zero-order chi connectivity index (χ0) is 23.2. The first-order valence-corrected chi connectivity index (χ1v) is 13.3. The van der Waals surface area contributed by atoms with Crippen molar-refractivity contribution in [3.63, 3.8) is 0 Å². The van der Waals surface area contributed by atoms with Gasteiger partial charge in [-0.2, -0.15) is 0 Å². The van der Waals surface area contributed by atoms with Crippen molar-refractivity contribution < 1.29 is 26.1 Å². The van der Waals surface area contributed by atoms with Crippen LogP contribution in [0.5, 0.6) is 11.5 Å². The Hall–Kier alpha value is -3.26. The monoisotopic (exact) mass is 542 g/mol. The van der Waals surface area contributed by atoms with E-state index >= 15 is 4.39 Å². The molecule has 0 aliphatic heterocycles. The molecule has 4 heteroatoms. The highest BCUT2D eigenvalue weighted by atomic mass is 79.9. The third-order valence-electron chi connectivity index (χ3n) is 5.95. The molecule has 1 nitrogen and oxygen atoms in total. The Labute approximate surface area is 217 Å². The molecule has 0 aliphatic rings. The Kier molecular flexibility index (Phi) is 8.13. The van der Waals surface area contributed by atoms with Gasteiger partial charge in [0.2, 0.25) is 0 Å². The molecule has 0 saturated heterocycles. The minimum Gasteiger partial charge on any atom is -1.00 e. The molecule has 174 valence electrons. The summed E-state index contributed by atoms with van der Waals surface area (Å²) < 4.78 is 21.6. The molecule has 0 atom stereocenters. The smallest absolute Gasteiger partial charge is 0.166 e. The van der Waals surface area contributed by atoms with Crippen molar-refractivity contribution in [2.24, 2.45) is 0 Å². The van der Waals surface area contributed by atoms with E-state index in [4.69, 9.17) is 4.74 Å². The van der Waals surface area contributed by atoms with Crippen molar-refractivity contribution in [3.8, 4) is 11.5 Å². The van der Waals surface area contributed by atoms with Crippen LogP contribution in [0, 0.1) is 5.82 Å². The van der Waals surface area contributed by atoms with Crippen molar-refractivity contribution >= 4 is 23.2 Å². The summed E-state index contributed by atoms with van der Waals surface area (Å²) in [5.74, 6) is 1.40. The molecule has 0 spiro atoms. The lowest BCUT2D eigenvalue weighted by molar-refractivity contribution is -0.00000771. The van der Waals surface area contributed by atoms with E-state index in [0.29, 0.717) is 6.16 Å². The Morgan fingerprint density at radius 2 is 1.06 bits per heavy atom. The first kappa shape index (κ1) is 24.9. The van der Waals surface area contributed by atoms with E-state index in [-0.39, 0.29) is 22.8 Å². The molecule has 0 N–H and O–H groups in total. The van der Waals surface area contributed by atoms with Gasteiger partial charge in [-0.1, -0.05) is 78.9 Å². The van der Waals surface area contributed by atoms with Crippen LogP contribution in [0.15, 0.2) is 140 Å². The summed E-state index contributed by atoms with van der Waals surface area (Å²) >= 11 is 0. The van der Waals surface area contributed by atoms with Crippen LogP contribution >= 0.6 is 7.26 Å². The van der Waals surface area contributed by atoms with Crippen molar-refractivity contribution in [3.05, 3.63) is 151 Å². The third-order valence-corrected chi connectivity index (χ3v) is 10.3. The van der Waals surface area contributed by atoms with E-state index in [2.05, 4.69) is 36.4 Å². The van der Waals surface area contributed by atoms with Crippen molar-refractivity contribution in [2.45, 2.75) is 6.16 Å². The van der Waals surface area contributed by atoms with E-state index in [9.17, 15) is 0 Å². The lowest BCUT2D eigenvalue weighted by Gasteiger charge is -2.28. The van der Waals surface area contributed by atoms with E-state index in [1.54, 1.807) is 12.1 Å². The highest BCUT2D eigenvalue weighted by molar-refractivity contribution is 7.95. The number of hydrogen-bond donors (Lipinski definition) is 0. The molecule has 5 aromatic rings. The van der Waals surface area contributed by atoms with Crippen LogP contribution in [-0.4, -0.2) is 0 Å². The molecule has 35 heavy (non-hydrogen) atoms. The summed E-state index contributed by atoms with van der Waals surface area (Å²) in [7, 11) is -2.35. The topological polar surface area (TPSA) is 9.23 Å². The average molecular weight is 543 g/mol. The van der Waals surface area contributed by atoms with Gasteiger partial charge in [0, 0.05) is 0 Å². The van der Waals surface area contributed by atoms with Gasteiger partial charge in [0.05, 0.1) is 6.16 Å². The molecule has 0 aliphatic carbocycles. The van der Waals surface area contributed by atoms with Crippen molar-refractivity contribution in [1.29, 1.82) is 0 Å². The van der Waals surface area contributed by atoms with Crippen LogP contribution in [0.4, 0.5) is 4.39 Å². The van der Waals surface area contributed by atoms with Gasteiger partial charge in [-0.25, -0.2) is 4.39 Å². The Balaban J connectivity index is 0.00000289. The van der Waals surface area contributed by atoms with Gasteiger partial charge >= 0.3 is 0 Å². The van der Waals surface area contributed by atoms with Crippen LogP contribution < -0.4 is 37.6 Å². The predicted octanol–water partition coefficient (Wildman–Crippen LogP) is 4.12. The standard InChI is InChI=1S/C31H25FOP.BrH/c32-30-21-10-11-22-31(30)34(28-17-6-2-7-18-28,29-19-8-3-9-20-29)24-25-13-12-16-27(23-25)33-26-14-4-1-5-15-26;/h1-23H,24H2;1H/q+1;/p-1. The fourth-order valence-corrected chi connectivity index (χ4v) is 8.70. The van der Waals surface area contributed by atoms with E-state index in [1.807, 2.05) is 91.0 Å². The second-order valence-electron chi connectivity index (χ2n) is 8.15. The summed E-state index contributed by atoms with van der Waals surface area (Å²) in [6.45, 7) is 0. The quantitative estimate of drug-likeness (QED) is 0.281. The first-order chi connectivity index (χ1) is 16.8. The van der Waals surface area contributed by atoms with Crippen LogP contribution in [0.1, 0.15) is 5.56 Å². The second kappa shape index (κ2) is 11.4. The number of para-hydroxylation sites is 1. The summed E-state index contributed by atoms with van der Waals surface area (Å²) in [6, 6.07) is 45.9. The molecule has 0 radical (unpaired) electrons. The molecule has 0 amide bonds. The zero-order valence-corrected chi connectivity index (χ0v) is 21.6.